The number of nitrogens with zero attached hydrogens (tertiary/aromatic N) is 4. The first-order chi connectivity index (χ1) is 20.2. The predicted octanol–water partition coefficient (Wildman–Crippen LogP) is 7.41. The molecule has 0 saturated carbocycles. The van der Waals surface area contributed by atoms with E-state index in [0.29, 0.717) is 70.7 Å². The average Bonchev–Trinajstić information content (AvgIpc) is 3.61. The highest BCUT2D eigenvalue weighted by Crippen LogP contribution is 2.42. The van der Waals surface area contributed by atoms with Gasteiger partial charge in [-0.3, -0.25) is 0 Å². The van der Waals surface area contributed by atoms with Crippen LogP contribution in [0.2, 0.25) is 0 Å². The van der Waals surface area contributed by atoms with Crippen LogP contribution in [0.25, 0.3) is 27.8 Å². The molecular formula is C31H28F5N5O. The molecule has 4 heterocycles. The molecule has 0 fully saturated rings. The molecule has 6 rings (SSSR count). The highest BCUT2D eigenvalue weighted by molar-refractivity contribution is 5.99. The van der Waals surface area contributed by atoms with Crippen LogP contribution in [-0.2, 0) is 32.0 Å². The van der Waals surface area contributed by atoms with Crippen LogP contribution >= 0.6 is 0 Å². The van der Waals surface area contributed by atoms with Gasteiger partial charge in [0.25, 0.3) is 0 Å². The van der Waals surface area contributed by atoms with Gasteiger partial charge in [0, 0.05) is 54.5 Å². The zero-order valence-corrected chi connectivity index (χ0v) is 23.2. The number of anilines is 1. The lowest BCUT2D eigenvalue weighted by atomic mass is 9.96. The van der Waals surface area contributed by atoms with E-state index in [1.54, 1.807) is 21.8 Å². The number of alkyl halides is 3. The van der Waals surface area contributed by atoms with Crippen molar-refractivity contribution in [2.24, 2.45) is 0 Å². The minimum atomic E-state index is -4.72. The number of pyridine rings is 1. The van der Waals surface area contributed by atoms with Crippen molar-refractivity contribution in [3.63, 3.8) is 0 Å². The molecule has 3 aromatic heterocycles. The molecule has 0 spiro atoms. The summed E-state index contributed by atoms with van der Waals surface area (Å²) in [7, 11) is 1.47. The molecule has 0 radical (unpaired) electrons. The number of para-hydroxylation sites is 1. The summed E-state index contributed by atoms with van der Waals surface area (Å²) in [6, 6.07) is 9.57. The summed E-state index contributed by atoms with van der Waals surface area (Å²) < 4.78 is 78.0. The summed E-state index contributed by atoms with van der Waals surface area (Å²) in [5.41, 5.74) is 4.53. The van der Waals surface area contributed by atoms with Crippen molar-refractivity contribution in [1.29, 1.82) is 0 Å². The van der Waals surface area contributed by atoms with Gasteiger partial charge in [0.1, 0.15) is 11.6 Å². The van der Waals surface area contributed by atoms with Crippen LogP contribution in [0.5, 0.6) is 5.75 Å². The largest absolute Gasteiger partial charge is 0.494 e. The van der Waals surface area contributed by atoms with Crippen molar-refractivity contribution < 1.29 is 26.7 Å². The summed E-state index contributed by atoms with van der Waals surface area (Å²) in [6.45, 7) is 4.44. The smallest absolute Gasteiger partial charge is 0.417 e. The molecule has 2 aromatic carbocycles. The van der Waals surface area contributed by atoms with Gasteiger partial charge >= 0.3 is 6.18 Å². The lowest BCUT2D eigenvalue weighted by Crippen LogP contribution is -2.32. The van der Waals surface area contributed by atoms with Crippen LogP contribution < -0.4 is 9.64 Å². The van der Waals surface area contributed by atoms with Crippen LogP contribution in [0.15, 0.2) is 48.8 Å². The van der Waals surface area contributed by atoms with Gasteiger partial charge in [0.15, 0.2) is 11.6 Å². The number of ether oxygens (including phenoxy) is 1. The molecule has 0 bridgehead atoms. The van der Waals surface area contributed by atoms with Gasteiger partial charge in [0.2, 0.25) is 0 Å². The number of nitrogens with one attached hydrogen (secondary N) is 1. The molecule has 5 aromatic rings. The number of aryl methyl sites for hydroxylation is 2. The molecule has 1 aliphatic heterocycles. The van der Waals surface area contributed by atoms with Gasteiger partial charge in [-0.1, -0.05) is 32.0 Å². The first-order valence-electron chi connectivity index (χ1n) is 13.7. The van der Waals surface area contributed by atoms with E-state index in [1.165, 1.54) is 13.2 Å². The first kappa shape index (κ1) is 27.7. The Morgan fingerprint density at radius 2 is 1.76 bits per heavy atom. The second kappa shape index (κ2) is 10.5. The number of methoxy groups -OCH3 is 1. The fraction of sp³-hybridized carbons (Fsp3) is 0.290. The number of hydrogen-bond acceptors (Lipinski definition) is 4. The van der Waals surface area contributed by atoms with Gasteiger partial charge in [0.05, 0.1) is 35.3 Å². The van der Waals surface area contributed by atoms with Gasteiger partial charge in [-0.05, 0) is 36.1 Å². The summed E-state index contributed by atoms with van der Waals surface area (Å²) in [6.07, 6.45) is -0.589. The number of hydrogen-bond donors (Lipinski definition) is 1. The third-order valence-electron chi connectivity index (χ3n) is 7.88. The van der Waals surface area contributed by atoms with Crippen molar-refractivity contribution in [3.05, 3.63) is 88.4 Å². The van der Waals surface area contributed by atoms with Crippen molar-refractivity contribution >= 4 is 16.7 Å². The van der Waals surface area contributed by atoms with Crippen LogP contribution in [0.4, 0.5) is 27.8 Å². The normalized spacial score (nSPS) is 13.6. The van der Waals surface area contributed by atoms with Gasteiger partial charge < -0.3 is 14.6 Å². The maximum Gasteiger partial charge on any atom is 0.417 e. The Morgan fingerprint density at radius 1 is 1.02 bits per heavy atom. The fourth-order valence-electron chi connectivity index (χ4n) is 5.85. The summed E-state index contributed by atoms with van der Waals surface area (Å²) in [4.78, 5) is 8.56. The van der Waals surface area contributed by atoms with Crippen LogP contribution in [0.3, 0.4) is 0 Å². The first-order valence-corrected chi connectivity index (χ1v) is 13.7. The molecule has 218 valence electrons. The summed E-state index contributed by atoms with van der Waals surface area (Å²) in [5.74, 6) is -1.45. The Labute approximate surface area is 238 Å². The Morgan fingerprint density at radius 3 is 2.40 bits per heavy atom. The predicted molar refractivity (Wildman–Crippen MR) is 150 cm³/mol. The molecule has 0 amide bonds. The third-order valence-corrected chi connectivity index (χ3v) is 7.88. The van der Waals surface area contributed by atoms with E-state index >= 15 is 8.78 Å². The zero-order valence-electron chi connectivity index (χ0n) is 23.2. The number of aromatic amines is 1. The minimum absolute atomic E-state index is 0.0765. The van der Waals surface area contributed by atoms with E-state index in [-0.39, 0.29) is 18.9 Å². The van der Waals surface area contributed by atoms with Crippen molar-refractivity contribution in [2.45, 2.75) is 45.8 Å². The molecule has 0 saturated heterocycles. The van der Waals surface area contributed by atoms with E-state index in [2.05, 4.69) is 9.97 Å². The third kappa shape index (κ3) is 4.47. The highest BCUT2D eigenvalue weighted by atomic mass is 19.4. The van der Waals surface area contributed by atoms with E-state index in [0.717, 1.165) is 16.8 Å². The van der Waals surface area contributed by atoms with Gasteiger partial charge in [-0.25, -0.2) is 18.4 Å². The second-order valence-corrected chi connectivity index (χ2v) is 10.2. The molecule has 1 aliphatic rings. The number of rotatable bonds is 6. The lowest BCUT2D eigenvalue weighted by Gasteiger charge is -2.28. The number of aromatic nitrogens is 4. The second-order valence-electron chi connectivity index (χ2n) is 10.2. The molecule has 1 N–H and O–H groups in total. The number of benzene rings is 2. The van der Waals surface area contributed by atoms with Crippen molar-refractivity contribution in [2.75, 3.05) is 18.6 Å². The Hall–Kier alpha value is -4.41. The van der Waals surface area contributed by atoms with E-state index in [1.807, 2.05) is 32.0 Å². The Bertz CT molecular complexity index is 1780. The molecular weight excluding hydrogens is 553 g/mol. The van der Waals surface area contributed by atoms with Crippen LogP contribution in [-0.4, -0.2) is 33.4 Å². The standard InChI is InChI=1S/C31H28F5N5O/c1-4-17-7-6-8-18(5-2)28(17)41-29(26-20-9-11-37-27(20)25(42-3)14-22(26)32)21-16-40(12-10-24(21)39-41)30-23(33)13-19(15-38-30)31(34,35)36/h6-9,11,13-15,37H,4-5,10,12,16H2,1-3H3. The van der Waals surface area contributed by atoms with E-state index in [4.69, 9.17) is 9.84 Å². The number of H-pyrrole nitrogens is 1. The molecule has 0 unspecified atom stereocenters. The lowest BCUT2D eigenvalue weighted by molar-refractivity contribution is -0.138. The summed E-state index contributed by atoms with van der Waals surface area (Å²) in [5, 5.41) is 5.59. The van der Waals surface area contributed by atoms with Gasteiger partial charge in [-0.2, -0.15) is 18.3 Å². The molecule has 0 atom stereocenters. The minimum Gasteiger partial charge on any atom is -0.494 e. The fourth-order valence-corrected chi connectivity index (χ4v) is 5.85. The van der Waals surface area contributed by atoms with Crippen LogP contribution in [0, 0.1) is 11.6 Å². The van der Waals surface area contributed by atoms with Crippen LogP contribution in [0.1, 0.15) is 41.8 Å². The molecule has 11 heteroatoms. The topological polar surface area (TPSA) is 59.0 Å². The molecule has 0 aliphatic carbocycles. The molecule has 42 heavy (non-hydrogen) atoms. The van der Waals surface area contributed by atoms with E-state index < -0.39 is 23.4 Å². The zero-order chi connectivity index (χ0) is 29.8. The Balaban J connectivity index is 1.60. The maximum absolute atomic E-state index is 16.2. The van der Waals surface area contributed by atoms with E-state index in [9.17, 15) is 13.2 Å². The number of halogens is 5. The maximum atomic E-state index is 16.2. The van der Waals surface area contributed by atoms with Crippen molar-refractivity contribution in [3.8, 4) is 22.7 Å². The van der Waals surface area contributed by atoms with Gasteiger partial charge in [-0.15, -0.1) is 0 Å². The number of fused-ring (bicyclic) bond motifs is 2. The molecule has 6 nitrogen and oxygen atoms in total. The average molecular weight is 582 g/mol. The summed E-state index contributed by atoms with van der Waals surface area (Å²) >= 11 is 0. The quantitative estimate of drug-likeness (QED) is 0.212. The Kier molecular flexibility index (Phi) is 6.90. The monoisotopic (exact) mass is 581 g/mol. The highest BCUT2D eigenvalue weighted by Gasteiger charge is 2.35. The van der Waals surface area contributed by atoms with Crippen molar-refractivity contribution in [1.82, 2.24) is 19.7 Å². The SMILES string of the molecule is CCc1cccc(CC)c1-n1nc2c(c1-c1c(F)cc(OC)c3[nH]ccc13)CN(c1ncc(C(F)(F)F)cc1F)CC2.